The van der Waals surface area contributed by atoms with E-state index in [-0.39, 0.29) is 0 Å². The van der Waals surface area contributed by atoms with Gasteiger partial charge in [-0.2, -0.15) is 0 Å². The molecule has 1 aliphatic rings. The second-order valence-electron chi connectivity index (χ2n) is 3.58. The number of nitrogens with zero attached hydrogens (tertiary/aromatic N) is 2. The number of aromatic nitrogens is 2. The van der Waals surface area contributed by atoms with E-state index in [4.69, 9.17) is 0 Å². The molecule has 0 atom stereocenters. The highest BCUT2D eigenvalue weighted by Gasteiger charge is 2.17. The number of hydrogen-bond acceptors (Lipinski definition) is 1. The smallest absolute Gasteiger partial charge is 0.0950 e. The van der Waals surface area contributed by atoms with E-state index in [1.165, 1.54) is 31.4 Å². The molecule has 0 aliphatic heterocycles. The van der Waals surface area contributed by atoms with Gasteiger partial charge in [0.25, 0.3) is 0 Å². The molecular formula is C10H16N2. The van der Waals surface area contributed by atoms with Gasteiger partial charge in [0.05, 0.1) is 6.33 Å². The maximum Gasteiger partial charge on any atom is 0.0950 e. The normalized spacial score (nSPS) is 18.8. The third-order valence-corrected chi connectivity index (χ3v) is 2.83. The number of rotatable bonds is 2. The van der Waals surface area contributed by atoms with E-state index in [1.54, 1.807) is 0 Å². The molecule has 1 saturated carbocycles. The predicted octanol–water partition coefficient (Wildman–Crippen LogP) is 2.56. The van der Waals surface area contributed by atoms with Gasteiger partial charge in [-0.1, -0.05) is 19.8 Å². The highest BCUT2D eigenvalue weighted by Crippen LogP contribution is 2.30. The fraction of sp³-hybridized carbons (Fsp3) is 0.700. The summed E-state index contributed by atoms with van der Waals surface area (Å²) in [5, 5.41) is 0. The monoisotopic (exact) mass is 164 g/mol. The molecule has 0 bridgehead atoms. The van der Waals surface area contributed by atoms with Crippen molar-refractivity contribution in [3.8, 4) is 0 Å². The van der Waals surface area contributed by atoms with Crippen molar-refractivity contribution in [2.45, 2.75) is 45.1 Å². The van der Waals surface area contributed by atoms with Crippen molar-refractivity contribution in [2.24, 2.45) is 0 Å². The summed E-state index contributed by atoms with van der Waals surface area (Å²) in [6.07, 6.45) is 10.6. The minimum atomic E-state index is 0.752. The third kappa shape index (κ3) is 1.26. The van der Waals surface area contributed by atoms with Crippen LogP contribution >= 0.6 is 0 Å². The van der Waals surface area contributed by atoms with E-state index in [0.717, 1.165) is 12.5 Å². The second-order valence-corrected chi connectivity index (χ2v) is 3.58. The molecule has 0 radical (unpaired) electrons. The summed E-state index contributed by atoms with van der Waals surface area (Å²) < 4.78 is 2.37. The van der Waals surface area contributed by atoms with Crippen LogP contribution in [-0.2, 0) is 6.42 Å². The fourth-order valence-corrected chi connectivity index (χ4v) is 2.12. The van der Waals surface area contributed by atoms with Crippen molar-refractivity contribution >= 4 is 0 Å². The van der Waals surface area contributed by atoms with Crippen LogP contribution in [0.25, 0.3) is 0 Å². The minimum absolute atomic E-state index is 0.752. The van der Waals surface area contributed by atoms with E-state index >= 15 is 0 Å². The van der Waals surface area contributed by atoms with Gasteiger partial charge < -0.3 is 4.57 Å². The van der Waals surface area contributed by atoms with Gasteiger partial charge in [-0.05, 0) is 19.3 Å². The summed E-state index contributed by atoms with van der Waals surface area (Å²) >= 11 is 0. The van der Waals surface area contributed by atoms with Crippen molar-refractivity contribution in [3.63, 3.8) is 0 Å². The van der Waals surface area contributed by atoms with Crippen molar-refractivity contribution in [1.82, 2.24) is 9.55 Å². The lowest BCUT2D eigenvalue weighted by molar-refractivity contribution is 0.502. The van der Waals surface area contributed by atoms with Crippen molar-refractivity contribution in [2.75, 3.05) is 0 Å². The number of aryl methyl sites for hydroxylation is 1. The van der Waals surface area contributed by atoms with Crippen LogP contribution in [0.1, 0.15) is 44.3 Å². The lowest BCUT2D eigenvalue weighted by Gasteiger charge is -2.13. The third-order valence-electron chi connectivity index (χ3n) is 2.83. The summed E-state index contributed by atoms with van der Waals surface area (Å²) in [7, 11) is 0. The van der Waals surface area contributed by atoms with E-state index in [9.17, 15) is 0 Å². The highest BCUT2D eigenvalue weighted by atomic mass is 15.1. The molecule has 1 fully saturated rings. The Labute approximate surface area is 73.6 Å². The maximum atomic E-state index is 4.20. The minimum Gasteiger partial charge on any atom is -0.332 e. The van der Waals surface area contributed by atoms with Crippen LogP contribution in [-0.4, -0.2) is 9.55 Å². The molecule has 1 aromatic heterocycles. The summed E-state index contributed by atoms with van der Waals surface area (Å²) in [6, 6.07) is 0.752. The molecule has 0 spiro atoms. The first-order chi connectivity index (χ1) is 5.92. The molecule has 0 unspecified atom stereocenters. The Bertz CT molecular complexity index is 246. The quantitative estimate of drug-likeness (QED) is 0.657. The first-order valence-corrected chi connectivity index (χ1v) is 4.92. The Morgan fingerprint density at radius 1 is 1.50 bits per heavy atom. The zero-order chi connectivity index (χ0) is 8.39. The average molecular weight is 164 g/mol. The molecule has 0 amide bonds. The van der Waals surface area contributed by atoms with Gasteiger partial charge >= 0.3 is 0 Å². The first-order valence-electron chi connectivity index (χ1n) is 4.92. The molecule has 12 heavy (non-hydrogen) atoms. The van der Waals surface area contributed by atoms with Crippen LogP contribution in [0.5, 0.6) is 0 Å². The van der Waals surface area contributed by atoms with Crippen LogP contribution in [0.4, 0.5) is 0 Å². The molecule has 2 rings (SSSR count). The van der Waals surface area contributed by atoms with Crippen molar-refractivity contribution in [3.05, 3.63) is 18.2 Å². The van der Waals surface area contributed by atoms with E-state index in [1.807, 2.05) is 12.5 Å². The summed E-state index contributed by atoms with van der Waals surface area (Å²) in [4.78, 5) is 4.20. The molecule has 2 heteroatoms. The Hall–Kier alpha value is -0.790. The van der Waals surface area contributed by atoms with Gasteiger partial charge in [0.1, 0.15) is 0 Å². The Kier molecular flexibility index (Phi) is 2.15. The second kappa shape index (κ2) is 3.30. The zero-order valence-corrected chi connectivity index (χ0v) is 7.66. The zero-order valence-electron chi connectivity index (χ0n) is 7.66. The van der Waals surface area contributed by atoms with Gasteiger partial charge in [-0.25, -0.2) is 4.98 Å². The molecule has 0 aromatic carbocycles. The van der Waals surface area contributed by atoms with Gasteiger partial charge in [0.15, 0.2) is 0 Å². The van der Waals surface area contributed by atoms with Crippen LogP contribution in [0.2, 0.25) is 0 Å². The predicted molar refractivity (Wildman–Crippen MR) is 49.1 cm³/mol. The lowest BCUT2D eigenvalue weighted by atomic mass is 10.2. The van der Waals surface area contributed by atoms with E-state index < -0.39 is 0 Å². The van der Waals surface area contributed by atoms with Crippen LogP contribution in [0.3, 0.4) is 0 Å². The highest BCUT2D eigenvalue weighted by molar-refractivity contribution is 5.00. The standard InChI is InChI=1S/C10H16N2/c1-2-9-7-11-8-12(9)10-5-3-4-6-10/h7-8,10H,2-6H2,1H3. The summed E-state index contributed by atoms with van der Waals surface area (Å²) in [5.74, 6) is 0. The molecule has 66 valence electrons. The number of imidazole rings is 1. The molecule has 1 aliphatic carbocycles. The average Bonchev–Trinajstić information content (AvgIpc) is 2.74. The van der Waals surface area contributed by atoms with Gasteiger partial charge in [0.2, 0.25) is 0 Å². The van der Waals surface area contributed by atoms with E-state index in [2.05, 4.69) is 16.5 Å². The molecule has 2 nitrogen and oxygen atoms in total. The van der Waals surface area contributed by atoms with Crippen LogP contribution < -0.4 is 0 Å². The molecular weight excluding hydrogens is 148 g/mol. The molecule has 1 aromatic rings. The van der Waals surface area contributed by atoms with E-state index in [0.29, 0.717) is 0 Å². The van der Waals surface area contributed by atoms with Crippen molar-refractivity contribution < 1.29 is 0 Å². The first kappa shape index (κ1) is 7.84. The lowest BCUT2D eigenvalue weighted by Crippen LogP contribution is -2.06. The molecule has 1 heterocycles. The maximum absolute atomic E-state index is 4.20. The van der Waals surface area contributed by atoms with Gasteiger partial charge in [-0.15, -0.1) is 0 Å². The summed E-state index contributed by atoms with van der Waals surface area (Å²) in [5.41, 5.74) is 1.39. The Morgan fingerprint density at radius 2 is 2.25 bits per heavy atom. The summed E-state index contributed by atoms with van der Waals surface area (Å²) in [6.45, 7) is 2.20. The van der Waals surface area contributed by atoms with Crippen molar-refractivity contribution in [1.29, 1.82) is 0 Å². The van der Waals surface area contributed by atoms with Gasteiger partial charge in [0, 0.05) is 17.9 Å². The topological polar surface area (TPSA) is 17.8 Å². The Morgan fingerprint density at radius 3 is 2.92 bits per heavy atom. The number of hydrogen-bond donors (Lipinski definition) is 0. The fourth-order valence-electron chi connectivity index (χ4n) is 2.12. The SMILES string of the molecule is CCc1cncn1C1CCCC1. The Balaban J connectivity index is 2.19. The molecule has 0 N–H and O–H groups in total. The van der Waals surface area contributed by atoms with Crippen LogP contribution in [0.15, 0.2) is 12.5 Å². The molecule has 0 saturated heterocycles. The largest absolute Gasteiger partial charge is 0.332 e. The van der Waals surface area contributed by atoms with Gasteiger partial charge in [-0.3, -0.25) is 0 Å². The van der Waals surface area contributed by atoms with Crippen LogP contribution in [0, 0.1) is 0 Å².